The number of phenols is 2. The second-order valence-corrected chi connectivity index (χ2v) is 5.47. The summed E-state index contributed by atoms with van der Waals surface area (Å²) < 4.78 is 5.41. The first-order valence-electron chi connectivity index (χ1n) is 7.42. The lowest BCUT2D eigenvalue weighted by atomic mass is 10.1. The normalized spacial score (nSPS) is 11.2. The number of carbonyl (C=O) groups is 1. The van der Waals surface area contributed by atoms with Crippen LogP contribution in [0, 0.1) is 13.8 Å². The molecule has 0 radical (unpaired) electrons. The van der Waals surface area contributed by atoms with Crippen LogP contribution in [0.4, 0.5) is 0 Å². The number of nitrogens with zero attached hydrogens (tertiary/aromatic N) is 1. The second-order valence-electron chi connectivity index (χ2n) is 5.47. The van der Waals surface area contributed by atoms with E-state index in [2.05, 4.69) is 10.5 Å². The van der Waals surface area contributed by atoms with Crippen molar-refractivity contribution in [2.24, 2.45) is 5.10 Å². The summed E-state index contributed by atoms with van der Waals surface area (Å²) in [4.78, 5) is 11.8. The molecule has 0 fully saturated rings. The monoisotopic (exact) mass is 328 g/mol. The first-order valence-corrected chi connectivity index (χ1v) is 7.42. The molecule has 24 heavy (non-hydrogen) atoms. The minimum Gasteiger partial charge on any atom is -0.508 e. The molecule has 0 saturated heterocycles. The van der Waals surface area contributed by atoms with Crippen molar-refractivity contribution in [2.75, 3.05) is 6.61 Å². The molecular weight excluding hydrogens is 308 g/mol. The second kappa shape index (κ2) is 7.50. The van der Waals surface area contributed by atoms with Gasteiger partial charge in [-0.25, -0.2) is 5.43 Å². The number of aromatic hydroxyl groups is 2. The number of hydrogen-bond donors (Lipinski definition) is 3. The molecule has 0 aliphatic heterocycles. The van der Waals surface area contributed by atoms with Crippen molar-refractivity contribution in [3.05, 3.63) is 53.1 Å². The standard InChI is InChI=1S/C18H20N2O4/c1-11-4-6-15(8-12(11)2)24-10-18(23)20-19-13(3)16-9-14(21)5-7-17(16)22/h4-9,21-22H,10H2,1-3H3,(H,20,23)/b19-13-. The molecule has 0 spiro atoms. The molecule has 0 aliphatic carbocycles. The maximum absolute atomic E-state index is 11.8. The predicted octanol–water partition coefficient (Wildman–Crippen LogP) is 2.63. The van der Waals surface area contributed by atoms with Crippen LogP contribution < -0.4 is 10.2 Å². The molecule has 126 valence electrons. The fraction of sp³-hybridized carbons (Fsp3) is 0.222. The van der Waals surface area contributed by atoms with Gasteiger partial charge in [0, 0.05) is 5.56 Å². The average Bonchev–Trinajstić information content (AvgIpc) is 2.56. The highest BCUT2D eigenvalue weighted by Gasteiger charge is 2.07. The summed E-state index contributed by atoms with van der Waals surface area (Å²) >= 11 is 0. The lowest BCUT2D eigenvalue weighted by Gasteiger charge is -2.08. The number of aryl methyl sites for hydroxylation is 2. The molecule has 0 heterocycles. The van der Waals surface area contributed by atoms with E-state index in [1.807, 2.05) is 26.0 Å². The maximum Gasteiger partial charge on any atom is 0.277 e. The van der Waals surface area contributed by atoms with Gasteiger partial charge in [0.25, 0.3) is 5.91 Å². The molecule has 2 rings (SSSR count). The van der Waals surface area contributed by atoms with Gasteiger partial charge in [0.1, 0.15) is 17.2 Å². The van der Waals surface area contributed by atoms with Gasteiger partial charge in [-0.2, -0.15) is 5.10 Å². The molecule has 1 amide bonds. The van der Waals surface area contributed by atoms with Crippen LogP contribution in [-0.2, 0) is 4.79 Å². The molecule has 0 saturated carbocycles. The van der Waals surface area contributed by atoms with Gasteiger partial charge < -0.3 is 14.9 Å². The summed E-state index contributed by atoms with van der Waals surface area (Å²) in [5.74, 6) is 0.156. The molecule has 6 nitrogen and oxygen atoms in total. The molecule has 3 N–H and O–H groups in total. The zero-order valence-electron chi connectivity index (χ0n) is 13.8. The van der Waals surface area contributed by atoms with Crippen LogP contribution in [0.25, 0.3) is 0 Å². The molecule has 0 aliphatic rings. The number of rotatable bonds is 5. The Morgan fingerprint density at radius 3 is 2.58 bits per heavy atom. The van der Waals surface area contributed by atoms with Crippen molar-refractivity contribution in [3.8, 4) is 17.2 Å². The van der Waals surface area contributed by atoms with Crippen LogP contribution in [0.2, 0.25) is 0 Å². The highest BCUT2D eigenvalue weighted by atomic mass is 16.5. The van der Waals surface area contributed by atoms with Crippen LogP contribution in [0.3, 0.4) is 0 Å². The van der Waals surface area contributed by atoms with E-state index in [0.717, 1.165) is 11.1 Å². The van der Waals surface area contributed by atoms with Gasteiger partial charge in [-0.05, 0) is 62.2 Å². The average molecular weight is 328 g/mol. The van der Waals surface area contributed by atoms with Crippen molar-refractivity contribution in [1.82, 2.24) is 5.43 Å². The summed E-state index contributed by atoms with van der Waals surface area (Å²) in [5.41, 5.74) is 5.29. The van der Waals surface area contributed by atoms with Crippen molar-refractivity contribution >= 4 is 11.6 Å². The van der Waals surface area contributed by atoms with Gasteiger partial charge in [0.05, 0.1) is 5.71 Å². The highest BCUT2D eigenvalue weighted by molar-refractivity contribution is 6.01. The molecule has 0 aromatic heterocycles. The van der Waals surface area contributed by atoms with Crippen LogP contribution in [0.15, 0.2) is 41.5 Å². The van der Waals surface area contributed by atoms with Crippen LogP contribution >= 0.6 is 0 Å². The van der Waals surface area contributed by atoms with Gasteiger partial charge in [0.15, 0.2) is 6.61 Å². The number of benzene rings is 2. The maximum atomic E-state index is 11.8. The van der Waals surface area contributed by atoms with E-state index in [1.165, 1.54) is 18.2 Å². The van der Waals surface area contributed by atoms with Crippen molar-refractivity contribution in [1.29, 1.82) is 0 Å². The molecule has 6 heteroatoms. The Morgan fingerprint density at radius 1 is 1.12 bits per heavy atom. The number of amides is 1. The van der Waals surface area contributed by atoms with E-state index >= 15 is 0 Å². The van der Waals surface area contributed by atoms with Gasteiger partial charge in [0.2, 0.25) is 0 Å². The van der Waals surface area contributed by atoms with Gasteiger partial charge in [-0.15, -0.1) is 0 Å². The Morgan fingerprint density at radius 2 is 1.88 bits per heavy atom. The summed E-state index contributed by atoms with van der Waals surface area (Å²) in [6, 6.07) is 9.68. The summed E-state index contributed by atoms with van der Waals surface area (Å²) in [6.07, 6.45) is 0. The summed E-state index contributed by atoms with van der Waals surface area (Å²) in [6.45, 7) is 5.40. The van der Waals surface area contributed by atoms with Crippen LogP contribution in [-0.4, -0.2) is 28.4 Å². The minimum atomic E-state index is -0.424. The SMILES string of the molecule is C/C(=N/NC(=O)COc1ccc(C)c(C)c1)c1cc(O)ccc1O. The summed E-state index contributed by atoms with van der Waals surface area (Å²) in [5, 5.41) is 23.1. The van der Waals surface area contributed by atoms with Gasteiger partial charge in [-0.1, -0.05) is 6.07 Å². The quantitative estimate of drug-likeness (QED) is 0.447. The fourth-order valence-corrected chi connectivity index (χ4v) is 2.01. The minimum absolute atomic E-state index is 0.00162. The predicted molar refractivity (Wildman–Crippen MR) is 91.5 cm³/mol. The third kappa shape index (κ3) is 4.49. The molecule has 2 aromatic rings. The van der Waals surface area contributed by atoms with Crippen LogP contribution in [0.1, 0.15) is 23.6 Å². The lowest BCUT2D eigenvalue weighted by Crippen LogP contribution is -2.25. The third-order valence-corrected chi connectivity index (χ3v) is 3.57. The van der Waals surface area contributed by atoms with E-state index < -0.39 is 5.91 Å². The highest BCUT2D eigenvalue weighted by Crippen LogP contribution is 2.22. The largest absolute Gasteiger partial charge is 0.508 e. The first-order chi connectivity index (χ1) is 11.4. The van der Waals surface area contributed by atoms with Crippen molar-refractivity contribution in [2.45, 2.75) is 20.8 Å². The Labute approximate surface area is 140 Å². The van der Waals surface area contributed by atoms with E-state index in [4.69, 9.17) is 4.74 Å². The molecule has 0 unspecified atom stereocenters. The molecular formula is C18H20N2O4. The zero-order valence-corrected chi connectivity index (χ0v) is 13.8. The number of ether oxygens (including phenoxy) is 1. The Balaban J connectivity index is 1.94. The summed E-state index contributed by atoms with van der Waals surface area (Å²) in [7, 11) is 0. The fourth-order valence-electron chi connectivity index (χ4n) is 2.01. The molecule has 0 bridgehead atoms. The van der Waals surface area contributed by atoms with Crippen molar-refractivity contribution < 1.29 is 19.7 Å². The first kappa shape index (κ1) is 17.3. The molecule has 2 aromatic carbocycles. The lowest BCUT2D eigenvalue weighted by molar-refractivity contribution is -0.123. The number of phenolic OH excluding ortho intramolecular Hbond substituents is 2. The number of nitrogens with one attached hydrogen (secondary N) is 1. The Bertz CT molecular complexity index is 785. The third-order valence-electron chi connectivity index (χ3n) is 3.57. The van der Waals surface area contributed by atoms with E-state index in [0.29, 0.717) is 17.0 Å². The van der Waals surface area contributed by atoms with E-state index in [9.17, 15) is 15.0 Å². The van der Waals surface area contributed by atoms with E-state index in [1.54, 1.807) is 13.0 Å². The topological polar surface area (TPSA) is 91.2 Å². The Kier molecular flexibility index (Phi) is 5.42. The van der Waals surface area contributed by atoms with Gasteiger partial charge >= 0.3 is 0 Å². The van der Waals surface area contributed by atoms with Gasteiger partial charge in [-0.3, -0.25) is 4.79 Å². The number of hydrogen-bond acceptors (Lipinski definition) is 5. The smallest absolute Gasteiger partial charge is 0.277 e. The van der Waals surface area contributed by atoms with Crippen molar-refractivity contribution in [3.63, 3.8) is 0 Å². The zero-order chi connectivity index (χ0) is 17.7. The number of hydrazone groups is 1. The van der Waals surface area contributed by atoms with E-state index in [-0.39, 0.29) is 18.1 Å². The number of carbonyl (C=O) groups excluding carboxylic acids is 1. The Hall–Kier alpha value is -3.02. The van der Waals surface area contributed by atoms with Crippen LogP contribution in [0.5, 0.6) is 17.2 Å². The molecule has 0 atom stereocenters.